The van der Waals surface area contributed by atoms with Crippen LogP contribution in [0.25, 0.3) is 0 Å². The van der Waals surface area contributed by atoms with E-state index in [0.717, 1.165) is 36.9 Å². The van der Waals surface area contributed by atoms with E-state index in [4.69, 9.17) is 21.1 Å². The molecule has 0 amide bonds. The molecule has 3 nitrogen and oxygen atoms in total. The zero-order valence-electron chi connectivity index (χ0n) is 8.28. The second-order valence-electron chi connectivity index (χ2n) is 3.77. The SMILES string of the molecule is Clc1ccc(C23OCCN2CCO3)cc1. The molecule has 0 bridgehead atoms. The molecular formula is C11H12ClNO2. The van der Waals surface area contributed by atoms with Crippen molar-refractivity contribution in [1.29, 1.82) is 0 Å². The standard InChI is InChI=1S/C11H12ClNO2/c12-10-3-1-9(2-4-10)11-13(5-7-14-11)6-8-15-11/h1-4H,5-8H2. The highest BCUT2D eigenvalue weighted by molar-refractivity contribution is 6.30. The summed E-state index contributed by atoms with van der Waals surface area (Å²) in [5.41, 5.74) is 1.03. The summed E-state index contributed by atoms with van der Waals surface area (Å²) in [6, 6.07) is 7.66. The predicted octanol–water partition coefficient (Wildman–Crippen LogP) is 1.81. The minimum atomic E-state index is -0.634. The fourth-order valence-electron chi connectivity index (χ4n) is 2.23. The Morgan fingerprint density at radius 2 is 1.67 bits per heavy atom. The fraction of sp³-hybridized carbons (Fsp3) is 0.455. The van der Waals surface area contributed by atoms with Crippen LogP contribution in [-0.2, 0) is 15.4 Å². The molecule has 2 aliphatic rings. The van der Waals surface area contributed by atoms with Gasteiger partial charge in [-0.05, 0) is 12.1 Å². The molecule has 1 aromatic rings. The Hall–Kier alpha value is -0.610. The molecule has 2 aliphatic heterocycles. The van der Waals surface area contributed by atoms with Crippen molar-refractivity contribution in [3.8, 4) is 0 Å². The molecule has 0 aromatic heterocycles. The second kappa shape index (κ2) is 3.46. The second-order valence-corrected chi connectivity index (χ2v) is 4.21. The molecule has 3 rings (SSSR count). The Labute approximate surface area is 93.5 Å². The first-order valence-electron chi connectivity index (χ1n) is 5.10. The third-order valence-corrected chi connectivity index (χ3v) is 3.20. The summed E-state index contributed by atoms with van der Waals surface area (Å²) in [5.74, 6) is -0.634. The van der Waals surface area contributed by atoms with E-state index in [0.29, 0.717) is 0 Å². The van der Waals surface area contributed by atoms with Crippen molar-refractivity contribution in [2.75, 3.05) is 26.3 Å². The molecule has 2 heterocycles. The zero-order valence-corrected chi connectivity index (χ0v) is 9.04. The molecule has 0 saturated carbocycles. The molecule has 4 heteroatoms. The van der Waals surface area contributed by atoms with E-state index in [2.05, 4.69) is 4.90 Å². The molecule has 0 atom stereocenters. The van der Waals surface area contributed by atoms with Crippen LogP contribution in [0.1, 0.15) is 5.56 Å². The number of benzene rings is 1. The molecule has 2 fully saturated rings. The lowest BCUT2D eigenvalue weighted by molar-refractivity contribution is -0.241. The zero-order chi connectivity index (χ0) is 10.3. The van der Waals surface area contributed by atoms with Gasteiger partial charge in [-0.3, -0.25) is 0 Å². The smallest absolute Gasteiger partial charge is 0.258 e. The highest BCUT2D eigenvalue weighted by atomic mass is 35.5. The van der Waals surface area contributed by atoms with Gasteiger partial charge < -0.3 is 9.47 Å². The van der Waals surface area contributed by atoms with Crippen LogP contribution in [0.3, 0.4) is 0 Å². The number of hydrogen-bond acceptors (Lipinski definition) is 3. The van der Waals surface area contributed by atoms with Crippen molar-refractivity contribution in [3.05, 3.63) is 34.9 Å². The van der Waals surface area contributed by atoms with Crippen LogP contribution in [0.15, 0.2) is 24.3 Å². The lowest BCUT2D eigenvalue weighted by atomic mass is 10.1. The maximum atomic E-state index is 5.86. The first-order chi connectivity index (χ1) is 7.31. The topological polar surface area (TPSA) is 21.7 Å². The van der Waals surface area contributed by atoms with Gasteiger partial charge in [-0.25, -0.2) is 4.90 Å². The minimum absolute atomic E-state index is 0.634. The van der Waals surface area contributed by atoms with Gasteiger partial charge in [0, 0.05) is 23.7 Å². The first kappa shape index (κ1) is 9.60. The van der Waals surface area contributed by atoms with Gasteiger partial charge in [-0.2, -0.15) is 0 Å². The summed E-state index contributed by atoms with van der Waals surface area (Å²) in [6.45, 7) is 3.32. The van der Waals surface area contributed by atoms with Crippen LogP contribution in [0.4, 0.5) is 0 Å². The van der Waals surface area contributed by atoms with E-state index in [1.165, 1.54) is 0 Å². The number of rotatable bonds is 1. The summed E-state index contributed by atoms with van der Waals surface area (Å²) >= 11 is 5.86. The Kier molecular flexibility index (Phi) is 2.21. The normalized spacial score (nSPS) is 24.3. The number of halogens is 1. The average Bonchev–Trinajstić information content (AvgIpc) is 2.77. The van der Waals surface area contributed by atoms with E-state index < -0.39 is 5.91 Å². The predicted molar refractivity (Wildman–Crippen MR) is 56.6 cm³/mol. The van der Waals surface area contributed by atoms with E-state index in [9.17, 15) is 0 Å². The third-order valence-electron chi connectivity index (χ3n) is 2.94. The van der Waals surface area contributed by atoms with E-state index >= 15 is 0 Å². The molecule has 0 unspecified atom stereocenters. The lowest BCUT2D eigenvalue weighted by Gasteiger charge is -2.29. The van der Waals surface area contributed by atoms with Crippen molar-refractivity contribution in [1.82, 2.24) is 4.90 Å². The molecule has 2 saturated heterocycles. The van der Waals surface area contributed by atoms with Crippen LogP contribution >= 0.6 is 11.6 Å². The Morgan fingerprint density at radius 1 is 1.07 bits per heavy atom. The fourth-order valence-corrected chi connectivity index (χ4v) is 2.35. The molecular weight excluding hydrogens is 214 g/mol. The Bertz CT molecular complexity index is 355. The minimum Gasteiger partial charge on any atom is -0.332 e. The quantitative estimate of drug-likeness (QED) is 0.728. The molecule has 80 valence electrons. The Morgan fingerprint density at radius 3 is 2.27 bits per heavy atom. The molecule has 0 radical (unpaired) electrons. The summed E-state index contributed by atoms with van der Waals surface area (Å²) < 4.78 is 11.5. The van der Waals surface area contributed by atoms with Gasteiger partial charge in [-0.1, -0.05) is 23.7 Å². The number of hydrogen-bond donors (Lipinski definition) is 0. The number of nitrogens with zero attached hydrogens (tertiary/aromatic N) is 1. The van der Waals surface area contributed by atoms with Gasteiger partial charge in [0.15, 0.2) is 0 Å². The van der Waals surface area contributed by atoms with Crippen LogP contribution in [0.2, 0.25) is 5.02 Å². The maximum absolute atomic E-state index is 5.86. The maximum Gasteiger partial charge on any atom is 0.258 e. The third kappa shape index (κ3) is 1.39. The highest BCUT2D eigenvalue weighted by Crippen LogP contribution is 2.39. The molecule has 1 aromatic carbocycles. The van der Waals surface area contributed by atoms with Gasteiger partial charge in [0.2, 0.25) is 0 Å². The van der Waals surface area contributed by atoms with Crippen molar-refractivity contribution in [3.63, 3.8) is 0 Å². The summed E-state index contributed by atoms with van der Waals surface area (Å²) in [4.78, 5) is 2.22. The van der Waals surface area contributed by atoms with Crippen molar-refractivity contribution < 1.29 is 9.47 Å². The number of fused-ring (bicyclic) bond motifs is 1. The van der Waals surface area contributed by atoms with Crippen molar-refractivity contribution in [2.45, 2.75) is 5.91 Å². The monoisotopic (exact) mass is 225 g/mol. The lowest BCUT2D eigenvalue weighted by Crippen LogP contribution is -2.37. The largest absolute Gasteiger partial charge is 0.332 e. The molecule has 0 spiro atoms. The van der Waals surface area contributed by atoms with Crippen molar-refractivity contribution in [2.24, 2.45) is 0 Å². The highest BCUT2D eigenvalue weighted by Gasteiger charge is 2.49. The van der Waals surface area contributed by atoms with Gasteiger partial charge in [0.05, 0.1) is 13.2 Å². The van der Waals surface area contributed by atoms with Gasteiger partial charge in [0.1, 0.15) is 0 Å². The van der Waals surface area contributed by atoms with Gasteiger partial charge in [-0.15, -0.1) is 0 Å². The Balaban J connectivity index is 2.01. The van der Waals surface area contributed by atoms with Gasteiger partial charge >= 0.3 is 0 Å². The van der Waals surface area contributed by atoms with E-state index in [-0.39, 0.29) is 0 Å². The van der Waals surface area contributed by atoms with Crippen LogP contribution in [0, 0.1) is 0 Å². The van der Waals surface area contributed by atoms with Crippen LogP contribution < -0.4 is 0 Å². The number of ether oxygens (including phenoxy) is 2. The summed E-state index contributed by atoms with van der Waals surface area (Å²) in [5, 5.41) is 0.734. The van der Waals surface area contributed by atoms with Crippen LogP contribution in [0.5, 0.6) is 0 Å². The molecule has 0 aliphatic carbocycles. The van der Waals surface area contributed by atoms with Crippen molar-refractivity contribution >= 4 is 11.6 Å². The first-order valence-corrected chi connectivity index (χ1v) is 5.48. The van der Waals surface area contributed by atoms with E-state index in [1.807, 2.05) is 24.3 Å². The summed E-state index contributed by atoms with van der Waals surface area (Å²) in [7, 11) is 0. The molecule has 15 heavy (non-hydrogen) atoms. The van der Waals surface area contributed by atoms with Crippen LogP contribution in [-0.4, -0.2) is 31.2 Å². The van der Waals surface area contributed by atoms with Gasteiger partial charge in [0.25, 0.3) is 5.91 Å². The average molecular weight is 226 g/mol. The summed E-state index contributed by atoms with van der Waals surface area (Å²) in [6.07, 6.45) is 0. The molecule has 0 N–H and O–H groups in total. The van der Waals surface area contributed by atoms with E-state index in [1.54, 1.807) is 0 Å².